The van der Waals surface area contributed by atoms with Crippen molar-refractivity contribution in [1.29, 1.82) is 0 Å². The van der Waals surface area contributed by atoms with Crippen LogP contribution in [0.3, 0.4) is 0 Å². The van der Waals surface area contributed by atoms with E-state index in [9.17, 15) is 71.2 Å². The lowest BCUT2D eigenvalue weighted by Gasteiger charge is -2.71. The number of fused-ring (bicyclic) bond motifs is 7. The van der Waals surface area contributed by atoms with Crippen molar-refractivity contribution < 1.29 is 109 Å². The maximum absolute atomic E-state index is 14.9. The summed E-state index contributed by atoms with van der Waals surface area (Å²) < 4.78 is 47.4. The van der Waals surface area contributed by atoms with E-state index in [1.54, 1.807) is 0 Å². The molecule has 0 aromatic rings. The van der Waals surface area contributed by atoms with E-state index >= 15 is 0 Å². The number of hydrogen-bond acceptors (Lipinski definition) is 22. The van der Waals surface area contributed by atoms with Gasteiger partial charge < -0.3 is 104 Å². The average molecular weight is 1060 g/mol. The van der Waals surface area contributed by atoms with Crippen molar-refractivity contribution in [3.8, 4) is 0 Å². The van der Waals surface area contributed by atoms with Gasteiger partial charge in [-0.1, -0.05) is 58.4 Å². The van der Waals surface area contributed by atoms with Crippen LogP contribution in [0.25, 0.3) is 0 Å². The predicted octanol–water partition coefficient (Wildman–Crippen LogP) is -1.87. The number of carbonyl (C=O) groups excluding carboxylic acids is 1. The minimum Gasteiger partial charge on any atom is -0.432 e. The normalized spacial score (nSPS) is 53.4. The Morgan fingerprint density at radius 2 is 1.24 bits per heavy atom. The molecule has 422 valence electrons. The third kappa shape index (κ3) is 9.18. The molecule has 9 aliphatic rings. The fraction of sp³-hybridized carbons (Fsp3) is 0.904. The summed E-state index contributed by atoms with van der Waals surface area (Å²) in [7, 11) is 0. The molecule has 5 aliphatic carbocycles. The number of carbonyl (C=O) groups is 1. The first-order chi connectivity index (χ1) is 34.8. The van der Waals surface area contributed by atoms with Crippen molar-refractivity contribution in [1.82, 2.24) is 0 Å². The molecule has 22 heteroatoms. The van der Waals surface area contributed by atoms with Crippen LogP contribution >= 0.6 is 0 Å². The number of aliphatic hydroxyl groups is 13. The number of ether oxygens (including phenoxy) is 8. The highest BCUT2D eigenvalue weighted by Crippen LogP contribution is 2.75. The SMILES string of the molecule is C=C1CC[C@]2(C(=O)O[C@@H]3O[C@H](CO[C@@H]4O[C@H](CO)[C@@H](O)[C@H](O)[C@H]4O)[C@@H](O)[C@H](O)[C@H]3O)CC[C@]3(C)C(=CC[C@@H]4[C@@]5(C)CC[C@H](O[C@@H]6OC[C@H](O)[C@H](O)[C@H]6O[C@@H]6O[C@H](CO)[C@@H](O)[C@H](O)[C@H]6O)C(C)(C)[C@@H]5CC[C@]43C)[C@@H]2C1. The van der Waals surface area contributed by atoms with Crippen LogP contribution in [0.2, 0.25) is 0 Å². The molecule has 13 N–H and O–H groups in total. The molecule has 0 spiro atoms. The fourth-order valence-corrected chi connectivity index (χ4v) is 15.7. The number of allylic oxidation sites excluding steroid dienone is 3. The lowest BCUT2D eigenvalue weighted by Crippen LogP contribution is -2.66. The minimum absolute atomic E-state index is 0.156. The Morgan fingerprint density at radius 3 is 1.89 bits per heavy atom. The molecule has 9 rings (SSSR count). The smallest absolute Gasteiger partial charge is 0.315 e. The Kier molecular flexibility index (Phi) is 16.1. The maximum atomic E-state index is 14.9. The Balaban J connectivity index is 0.909. The van der Waals surface area contributed by atoms with Crippen molar-refractivity contribution in [2.45, 2.75) is 222 Å². The predicted molar refractivity (Wildman–Crippen MR) is 252 cm³/mol. The molecule has 0 amide bonds. The minimum atomic E-state index is -1.84. The van der Waals surface area contributed by atoms with Crippen LogP contribution in [-0.4, -0.2) is 222 Å². The van der Waals surface area contributed by atoms with Gasteiger partial charge in [-0.05, 0) is 97.7 Å². The molecule has 0 aromatic carbocycles. The Morgan fingerprint density at radius 1 is 0.649 bits per heavy atom. The monoisotopic (exact) mass is 1060 g/mol. The summed E-state index contributed by atoms with van der Waals surface area (Å²) in [6.45, 7) is 13.7. The molecular weight excluding hydrogens is 977 g/mol. The number of aliphatic hydroxyl groups excluding tert-OH is 13. The molecule has 27 atom stereocenters. The highest BCUT2D eigenvalue weighted by molar-refractivity contribution is 5.79. The van der Waals surface area contributed by atoms with Gasteiger partial charge in [-0.15, -0.1) is 0 Å². The topological polar surface area (TPSA) is 354 Å². The Hall–Kier alpha value is -1.85. The van der Waals surface area contributed by atoms with Crippen LogP contribution < -0.4 is 0 Å². The summed E-state index contributed by atoms with van der Waals surface area (Å²) >= 11 is 0. The van der Waals surface area contributed by atoms with E-state index in [4.69, 9.17) is 37.9 Å². The molecule has 4 saturated heterocycles. The summed E-state index contributed by atoms with van der Waals surface area (Å²) in [5.74, 6) is -0.515. The fourth-order valence-electron chi connectivity index (χ4n) is 15.7. The van der Waals surface area contributed by atoms with E-state index in [1.807, 2.05) is 0 Å². The maximum Gasteiger partial charge on any atom is 0.315 e. The summed E-state index contributed by atoms with van der Waals surface area (Å²) in [4.78, 5) is 14.9. The van der Waals surface area contributed by atoms with E-state index in [2.05, 4.69) is 47.3 Å². The summed E-state index contributed by atoms with van der Waals surface area (Å²) in [5.41, 5.74) is -0.0259. The molecule has 0 aromatic heterocycles. The van der Waals surface area contributed by atoms with Gasteiger partial charge in [0.25, 0.3) is 0 Å². The van der Waals surface area contributed by atoms with Gasteiger partial charge >= 0.3 is 5.97 Å². The zero-order valence-corrected chi connectivity index (χ0v) is 43.0. The molecule has 8 fully saturated rings. The Bertz CT molecular complexity index is 2060. The molecule has 4 aliphatic heterocycles. The number of hydrogen-bond donors (Lipinski definition) is 13. The third-order valence-corrected chi connectivity index (χ3v) is 20.4. The Labute approximate surface area is 430 Å². The van der Waals surface area contributed by atoms with Gasteiger partial charge in [-0.25, -0.2) is 0 Å². The van der Waals surface area contributed by atoms with Gasteiger partial charge in [0, 0.05) is 5.92 Å². The van der Waals surface area contributed by atoms with Crippen LogP contribution in [0.4, 0.5) is 0 Å². The van der Waals surface area contributed by atoms with Crippen molar-refractivity contribution in [3.05, 3.63) is 23.8 Å². The van der Waals surface area contributed by atoms with E-state index < -0.39 is 159 Å². The molecule has 4 heterocycles. The first kappa shape index (κ1) is 56.9. The zero-order valence-electron chi connectivity index (χ0n) is 43.0. The van der Waals surface area contributed by atoms with Gasteiger partial charge in [0.15, 0.2) is 18.9 Å². The van der Waals surface area contributed by atoms with Crippen LogP contribution in [0, 0.1) is 44.8 Å². The largest absolute Gasteiger partial charge is 0.432 e. The quantitative estimate of drug-likeness (QED) is 0.0613. The van der Waals surface area contributed by atoms with Gasteiger partial charge in [-0.2, -0.15) is 0 Å². The second-order valence-electron chi connectivity index (χ2n) is 24.5. The first-order valence-electron chi connectivity index (χ1n) is 26.6. The highest BCUT2D eigenvalue weighted by Gasteiger charge is 2.70. The second-order valence-corrected chi connectivity index (χ2v) is 24.5. The molecular formula is C52H82O22. The lowest BCUT2D eigenvalue weighted by molar-refractivity contribution is -0.367. The van der Waals surface area contributed by atoms with Crippen molar-refractivity contribution in [3.63, 3.8) is 0 Å². The summed E-state index contributed by atoms with van der Waals surface area (Å²) in [6, 6.07) is 0. The van der Waals surface area contributed by atoms with E-state index in [0.717, 1.165) is 31.3 Å². The van der Waals surface area contributed by atoms with Crippen LogP contribution in [-0.2, 0) is 42.7 Å². The van der Waals surface area contributed by atoms with Gasteiger partial charge in [0.2, 0.25) is 6.29 Å². The molecule has 0 unspecified atom stereocenters. The molecule has 22 nitrogen and oxygen atoms in total. The average Bonchev–Trinajstić information content (AvgIpc) is 3.37. The summed E-state index contributed by atoms with van der Waals surface area (Å²) in [6.07, 6.45) is -21.4. The van der Waals surface area contributed by atoms with E-state index in [1.165, 1.54) is 5.57 Å². The molecule has 4 saturated carbocycles. The molecule has 0 radical (unpaired) electrons. The van der Waals surface area contributed by atoms with Crippen molar-refractivity contribution in [2.24, 2.45) is 44.8 Å². The van der Waals surface area contributed by atoms with Gasteiger partial charge in [0.05, 0.1) is 37.9 Å². The second kappa shape index (κ2) is 21.0. The zero-order chi connectivity index (χ0) is 53.8. The van der Waals surface area contributed by atoms with Crippen molar-refractivity contribution >= 4 is 5.97 Å². The number of esters is 1. The van der Waals surface area contributed by atoms with Crippen LogP contribution in [0.5, 0.6) is 0 Å². The van der Waals surface area contributed by atoms with Crippen molar-refractivity contribution in [2.75, 3.05) is 26.4 Å². The standard InChI is InChI=1S/C52H82O22/c1-22-9-14-52(47(66)74-45-41(65)38(62)35(59)28(71-45)21-68-43-39(63)36(60)33(57)26(18-53)69-43)16-15-50(5)23(24(52)17-22)7-8-30-49(4)12-11-31(48(2,3)29(49)10-13-51(30,50)6)72-46-42(32(56)25(55)20-67-46)73-44-40(64)37(61)34(58)27(19-54)70-44/h7,24-46,53-65H,1,8-21H2,2-6H3/t24-,25-,26+,27+,28+,29-,30+,31-,32-,33+,34+,35+,36-,37-,38-,39+,40+,41+,42+,43+,44-,45-,46-,49-,50+,51+,52-/m0/s1. The summed E-state index contributed by atoms with van der Waals surface area (Å²) in [5, 5.41) is 137. The third-order valence-electron chi connectivity index (χ3n) is 20.4. The van der Waals surface area contributed by atoms with Crippen LogP contribution in [0.15, 0.2) is 23.8 Å². The first-order valence-corrected chi connectivity index (χ1v) is 26.6. The van der Waals surface area contributed by atoms with E-state index in [-0.39, 0.29) is 40.6 Å². The van der Waals surface area contributed by atoms with Gasteiger partial charge in [-0.3, -0.25) is 4.79 Å². The highest BCUT2D eigenvalue weighted by atomic mass is 16.8. The van der Waals surface area contributed by atoms with E-state index in [0.29, 0.717) is 38.5 Å². The lowest BCUT2D eigenvalue weighted by atomic mass is 9.34. The molecule has 0 bridgehead atoms. The van der Waals surface area contributed by atoms with Gasteiger partial charge in [0.1, 0.15) is 91.6 Å². The van der Waals surface area contributed by atoms with Crippen LogP contribution in [0.1, 0.15) is 98.8 Å². The molecule has 74 heavy (non-hydrogen) atoms. The number of rotatable bonds is 11.